The second-order valence-corrected chi connectivity index (χ2v) is 11.1. The zero-order valence-corrected chi connectivity index (χ0v) is 15.2. The van der Waals surface area contributed by atoms with E-state index in [1.54, 1.807) is 6.08 Å². The first-order valence-electron chi connectivity index (χ1n) is 8.25. The van der Waals surface area contributed by atoms with Gasteiger partial charge in [-0.2, -0.15) is 0 Å². The summed E-state index contributed by atoms with van der Waals surface area (Å²) in [6, 6.07) is 0. The van der Waals surface area contributed by atoms with Gasteiger partial charge in [0.05, 0.1) is 0 Å². The Morgan fingerprint density at radius 3 is 2.83 bits per heavy atom. The van der Waals surface area contributed by atoms with Crippen LogP contribution in [-0.2, 0) is 4.79 Å². The number of Topliss-reactive ketones (excluding diaryl/α,β-unsaturated/α-hetero) is 1. The van der Waals surface area contributed by atoms with Gasteiger partial charge in [-0.05, 0) is 43.9 Å². The maximum atomic E-state index is 12.7. The molecule has 2 N–H and O–H groups in total. The van der Waals surface area contributed by atoms with Gasteiger partial charge in [-0.25, -0.2) is 10.0 Å². The van der Waals surface area contributed by atoms with Crippen molar-refractivity contribution in [2.24, 2.45) is 11.7 Å². The number of hydrogen-bond donors (Lipinski definition) is 1. The van der Waals surface area contributed by atoms with Gasteiger partial charge in [0.1, 0.15) is 0 Å². The molecule has 126 valence electrons. The summed E-state index contributed by atoms with van der Waals surface area (Å²) in [5.41, 5.74) is 9.46. The third-order valence-corrected chi connectivity index (χ3v) is 6.65. The van der Waals surface area contributed by atoms with Gasteiger partial charge in [0.2, 0.25) is 0 Å². The van der Waals surface area contributed by atoms with Gasteiger partial charge in [-0.3, -0.25) is 4.79 Å². The molecule has 2 aliphatic carbocycles. The van der Waals surface area contributed by atoms with Crippen LogP contribution in [0.3, 0.4) is 0 Å². The van der Waals surface area contributed by atoms with Crippen molar-refractivity contribution in [1.82, 2.24) is 0 Å². The van der Waals surface area contributed by atoms with Crippen molar-refractivity contribution in [1.29, 1.82) is 0 Å². The van der Waals surface area contributed by atoms with Crippen LogP contribution < -0.4 is 5.73 Å². The minimum atomic E-state index is -0.874. The Morgan fingerprint density at radius 1 is 1.39 bits per heavy atom. The molecule has 23 heavy (non-hydrogen) atoms. The Labute approximate surface area is 142 Å². The highest BCUT2D eigenvalue weighted by molar-refractivity contribution is 8.32. The molecule has 0 radical (unpaired) electrons. The fourth-order valence-corrected chi connectivity index (χ4v) is 5.75. The number of carbonyl (C=O) groups is 1. The Kier molecular flexibility index (Phi) is 6.11. The largest absolute Gasteiger partial charge is 0.402 e. The first kappa shape index (κ1) is 17.9. The Hall–Kier alpha value is -1.48. The van der Waals surface area contributed by atoms with Crippen LogP contribution in [0, 0.1) is 5.92 Å². The van der Waals surface area contributed by atoms with Gasteiger partial charge in [0.15, 0.2) is 5.78 Å². The summed E-state index contributed by atoms with van der Waals surface area (Å²) in [6.07, 6.45) is 20.7. The molecule has 0 saturated heterocycles. The van der Waals surface area contributed by atoms with Gasteiger partial charge in [0, 0.05) is 22.9 Å². The minimum absolute atomic E-state index is 0.0354. The second-order valence-electron chi connectivity index (χ2n) is 7.02. The zero-order chi connectivity index (χ0) is 16.9. The van der Waals surface area contributed by atoms with Crippen LogP contribution in [0.15, 0.2) is 59.9 Å². The predicted octanol–water partition coefficient (Wildman–Crippen LogP) is 4.26. The number of allylic oxidation sites excluding steroid dienone is 7. The molecular weight excluding hydrogens is 302 g/mol. The lowest BCUT2D eigenvalue weighted by molar-refractivity contribution is -0.118. The van der Waals surface area contributed by atoms with Crippen LogP contribution in [0.2, 0.25) is 0 Å². The van der Waals surface area contributed by atoms with E-state index in [-0.39, 0.29) is 11.7 Å². The molecule has 0 saturated carbocycles. The van der Waals surface area contributed by atoms with Crippen LogP contribution in [-0.4, -0.2) is 29.8 Å². The molecule has 2 nitrogen and oxygen atoms in total. The first-order valence-corrected chi connectivity index (χ1v) is 11.0. The summed E-state index contributed by atoms with van der Waals surface area (Å²) in [4.78, 5) is 12.7. The normalized spacial score (nSPS) is 22.8. The third-order valence-electron chi connectivity index (χ3n) is 4.43. The van der Waals surface area contributed by atoms with Crippen LogP contribution in [0.1, 0.15) is 25.7 Å². The molecule has 2 rings (SSSR count). The summed E-state index contributed by atoms with van der Waals surface area (Å²) >= 11 is 0. The molecule has 0 fully saturated rings. The summed E-state index contributed by atoms with van der Waals surface area (Å²) in [5.74, 6) is 2.28. The van der Waals surface area contributed by atoms with E-state index in [0.29, 0.717) is 0 Å². The zero-order valence-electron chi connectivity index (χ0n) is 14.4. The van der Waals surface area contributed by atoms with E-state index in [9.17, 15) is 4.79 Å². The molecule has 3 heteroatoms. The molecule has 0 heterocycles. The highest BCUT2D eigenvalue weighted by Crippen LogP contribution is 2.46. The quantitative estimate of drug-likeness (QED) is 0.708. The van der Waals surface area contributed by atoms with Crippen molar-refractivity contribution in [2.75, 3.05) is 24.0 Å². The summed E-state index contributed by atoms with van der Waals surface area (Å²) in [6.45, 7) is 3.66. The summed E-state index contributed by atoms with van der Waals surface area (Å²) in [7, 11) is -0.874. The molecule has 0 bridgehead atoms. The third kappa shape index (κ3) is 5.00. The van der Waals surface area contributed by atoms with E-state index >= 15 is 0 Å². The maximum absolute atomic E-state index is 12.7. The van der Waals surface area contributed by atoms with Crippen molar-refractivity contribution < 1.29 is 4.79 Å². The van der Waals surface area contributed by atoms with Crippen LogP contribution in [0.4, 0.5) is 0 Å². The van der Waals surface area contributed by atoms with Gasteiger partial charge >= 0.3 is 0 Å². The van der Waals surface area contributed by atoms with Crippen LogP contribution in [0.5, 0.6) is 0 Å². The smallest absolute Gasteiger partial charge is 0.165 e. The lowest BCUT2D eigenvalue weighted by Gasteiger charge is -2.33. The summed E-state index contributed by atoms with van der Waals surface area (Å²) in [5, 5.41) is 0. The van der Waals surface area contributed by atoms with Gasteiger partial charge < -0.3 is 5.73 Å². The van der Waals surface area contributed by atoms with Crippen molar-refractivity contribution in [3.8, 4) is 0 Å². The van der Waals surface area contributed by atoms with Crippen molar-refractivity contribution >= 4 is 15.8 Å². The molecule has 0 amide bonds. The molecule has 0 spiro atoms. The molecule has 0 aromatic heterocycles. The van der Waals surface area contributed by atoms with E-state index in [1.165, 1.54) is 5.57 Å². The monoisotopic (exact) mass is 331 g/mol. The SMILES string of the molecule is C=C/C=C\CC1CC(N)=C(CS(C)(C)CC2=CC=CCC2)C1=O. The van der Waals surface area contributed by atoms with Gasteiger partial charge in [-0.15, -0.1) is 0 Å². The van der Waals surface area contributed by atoms with Crippen molar-refractivity contribution in [3.05, 3.63) is 59.9 Å². The molecular formula is C20H29NOS. The number of nitrogens with two attached hydrogens (primary N) is 1. The van der Waals surface area contributed by atoms with Crippen molar-refractivity contribution in [2.45, 2.75) is 25.7 Å². The summed E-state index contributed by atoms with van der Waals surface area (Å²) < 4.78 is 0. The fourth-order valence-electron chi connectivity index (χ4n) is 3.30. The minimum Gasteiger partial charge on any atom is -0.402 e. The van der Waals surface area contributed by atoms with Crippen LogP contribution in [0.25, 0.3) is 0 Å². The fraction of sp³-hybridized carbons (Fsp3) is 0.450. The topological polar surface area (TPSA) is 43.1 Å². The Balaban J connectivity index is 2.00. The van der Waals surface area contributed by atoms with Gasteiger partial charge in [-0.1, -0.05) is 48.6 Å². The second kappa shape index (κ2) is 7.87. The number of hydrogen-bond acceptors (Lipinski definition) is 2. The van der Waals surface area contributed by atoms with E-state index in [2.05, 4.69) is 37.3 Å². The molecule has 0 aromatic rings. The van der Waals surface area contributed by atoms with Crippen LogP contribution >= 0.6 is 10.0 Å². The van der Waals surface area contributed by atoms with E-state index < -0.39 is 10.0 Å². The lowest BCUT2D eigenvalue weighted by Crippen LogP contribution is -2.17. The van der Waals surface area contributed by atoms with E-state index in [4.69, 9.17) is 5.73 Å². The Bertz CT molecular complexity index is 593. The number of rotatable bonds is 7. The molecule has 1 unspecified atom stereocenters. The predicted molar refractivity (Wildman–Crippen MR) is 104 cm³/mol. The highest BCUT2D eigenvalue weighted by Gasteiger charge is 2.33. The molecule has 1 atom stereocenters. The standard InChI is InChI=1S/C20H29NOS/c1-4-5-7-12-17-13-19(21)18(20(17)22)15-23(2,3)14-16-10-8-6-9-11-16/h4-8,10,17H,1,9,11-15,21H2,2-3H3/b7-5-. The molecule has 2 aliphatic rings. The van der Waals surface area contributed by atoms with Gasteiger partial charge in [0.25, 0.3) is 0 Å². The first-order chi connectivity index (χ1) is 10.9. The van der Waals surface area contributed by atoms with E-state index in [1.807, 2.05) is 12.2 Å². The van der Waals surface area contributed by atoms with Crippen molar-refractivity contribution in [3.63, 3.8) is 0 Å². The lowest BCUT2D eigenvalue weighted by atomic mass is 10.00. The molecule has 0 aliphatic heterocycles. The maximum Gasteiger partial charge on any atom is 0.165 e. The number of carbonyl (C=O) groups excluding carboxylic acids is 1. The average molecular weight is 332 g/mol. The Morgan fingerprint density at radius 2 is 2.17 bits per heavy atom. The highest BCUT2D eigenvalue weighted by atomic mass is 32.3. The van der Waals surface area contributed by atoms with E-state index in [0.717, 1.165) is 48.5 Å². The molecule has 0 aromatic carbocycles. The average Bonchev–Trinajstić information content (AvgIpc) is 2.75. The number of ketones is 1.